The van der Waals surface area contributed by atoms with Gasteiger partial charge in [-0.3, -0.25) is 9.59 Å². The molecule has 0 heterocycles. The molecule has 0 bridgehead atoms. The Hall–Kier alpha value is -2.07. The van der Waals surface area contributed by atoms with E-state index in [0.717, 1.165) is 0 Å². The first-order valence-electron chi connectivity index (χ1n) is 5.21. The molecule has 19 heavy (non-hydrogen) atoms. The standard InChI is InChI=1S/C12H11BrN2O4/c1-18-10-5-8(6-16)4-9(13)12(10)19-7-11(17)15-3-2-14/h4-6H,3,7H2,1H3,(H,15,17). The molecule has 100 valence electrons. The van der Waals surface area contributed by atoms with E-state index in [-0.39, 0.29) is 13.2 Å². The molecule has 1 N–H and O–H groups in total. The summed E-state index contributed by atoms with van der Waals surface area (Å²) in [7, 11) is 1.43. The largest absolute Gasteiger partial charge is 0.493 e. The maximum Gasteiger partial charge on any atom is 0.258 e. The lowest BCUT2D eigenvalue weighted by molar-refractivity contribution is -0.122. The smallest absolute Gasteiger partial charge is 0.258 e. The summed E-state index contributed by atoms with van der Waals surface area (Å²) in [5.41, 5.74) is 0.421. The van der Waals surface area contributed by atoms with Crippen LogP contribution >= 0.6 is 15.9 Å². The Balaban J connectivity index is 2.80. The van der Waals surface area contributed by atoms with Gasteiger partial charge in [-0.25, -0.2) is 0 Å². The zero-order chi connectivity index (χ0) is 14.3. The number of ether oxygens (including phenoxy) is 2. The third kappa shape index (κ3) is 4.26. The van der Waals surface area contributed by atoms with E-state index < -0.39 is 5.91 Å². The molecule has 0 radical (unpaired) electrons. The molecule has 0 aliphatic carbocycles. The van der Waals surface area contributed by atoms with Crippen molar-refractivity contribution >= 4 is 28.1 Å². The summed E-state index contributed by atoms with van der Waals surface area (Å²) in [6.45, 7) is -0.332. The van der Waals surface area contributed by atoms with Gasteiger partial charge in [0, 0.05) is 5.56 Å². The molecule has 1 amide bonds. The Bertz CT molecular complexity index is 525. The van der Waals surface area contributed by atoms with Crippen LogP contribution in [0, 0.1) is 11.3 Å². The topological polar surface area (TPSA) is 88.4 Å². The van der Waals surface area contributed by atoms with Gasteiger partial charge in [-0.1, -0.05) is 0 Å². The van der Waals surface area contributed by atoms with Gasteiger partial charge >= 0.3 is 0 Å². The fourth-order valence-corrected chi connectivity index (χ4v) is 1.85. The van der Waals surface area contributed by atoms with Crippen molar-refractivity contribution in [2.75, 3.05) is 20.3 Å². The molecule has 0 saturated carbocycles. The molecular weight excluding hydrogens is 316 g/mol. The first-order chi connectivity index (χ1) is 9.12. The van der Waals surface area contributed by atoms with Gasteiger partial charge in [-0.2, -0.15) is 5.26 Å². The van der Waals surface area contributed by atoms with Gasteiger partial charge in [0.2, 0.25) is 0 Å². The highest BCUT2D eigenvalue weighted by Crippen LogP contribution is 2.36. The molecule has 0 unspecified atom stereocenters. The molecule has 0 aliphatic heterocycles. The summed E-state index contributed by atoms with van der Waals surface area (Å²) < 4.78 is 10.9. The number of carbonyl (C=O) groups excluding carboxylic acids is 2. The van der Waals surface area contributed by atoms with E-state index in [0.29, 0.717) is 27.8 Å². The maximum absolute atomic E-state index is 11.3. The fraction of sp³-hybridized carbons (Fsp3) is 0.250. The quantitative estimate of drug-likeness (QED) is 0.628. The third-order valence-electron chi connectivity index (χ3n) is 2.10. The molecule has 1 rings (SSSR count). The fourth-order valence-electron chi connectivity index (χ4n) is 1.27. The van der Waals surface area contributed by atoms with Crippen LogP contribution in [0.1, 0.15) is 10.4 Å². The van der Waals surface area contributed by atoms with Gasteiger partial charge in [0.25, 0.3) is 5.91 Å². The predicted molar refractivity (Wildman–Crippen MR) is 70.2 cm³/mol. The summed E-state index contributed by atoms with van der Waals surface area (Å²) in [5, 5.41) is 10.7. The van der Waals surface area contributed by atoms with E-state index in [1.54, 1.807) is 12.1 Å². The molecule has 0 atom stereocenters. The first kappa shape index (κ1) is 15.0. The van der Waals surface area contributed by atoms with Crippen molar-refractivity contribution in [2.24, 2.45) is 0 Å². The van der Waals surface area contributed by atoms with Gasteiger partial charge in [0.05, 0.1) is 17.7 Å². The van der Waals surface area contributed by atoms with Crippen molar-refractivity contribution in [2.45, 2.75) is 0 Å². The van der Waals surface area contributed by atoms with E-state index in [4.69, 9.17) is 14.7 Å². The number of nitrogens with one attached hydrogen (secondary N) is 1. The molecule has 1 aromatic rings. The lowest BCUT2D eigenvalue weighted by atomic mass is 10.2. The second kappa shape index (κ2) is 7.38. The highest BCUT2D eigenvalue weighted by Gasteiger charge is 2.13. The van der Waals surface area contributed by atoms with Crippen LogP contribution in [0.5, 0.6) is 11.5 Å². The Morgan fingerprint density at radius 1 is 1.58 bits per heavy atom. The molecule has 0 fully saturated rings. The number of rotatable bonds is 6. The van der Waals surface area contributed by atoms with Crippen molar-refractivity contribution in [1.82, 2.24) is 5.32 Å². The number of aldehydes is 1. The molecule has 6 nitrogen and oxygen atoms in total. The van der Waals surface area contributed by atoms with Gasteiger partial charge < -0.3 is 14.8 Å². The number of halogens is 1. The van der Waals surface area contributed by atoms with Crippen LogP contribution in [0.4, 0.5) is 0 Å². The zero-order valence-corrected chi connectivity index (χ0v) is 11.7. The van der Waals surface area contributed by atoms with Crippen molar-refractivity contribution in [3.05, 3.63) is 22.2 Å². The minimum atomic E-state index is -0.421. The van der Waals surface area contributed by atoms with Crippen LogP contribution in [0.25, 0.3) is 0 Å². The van der Waals surface area contributed by atoms with Crippen molar-refractivity contribution in [3.8, 4) is 17.6 Å². The molecule has 0 aliphatic rings. The summed E-state index contributed by atoms with van der Waals surface area (Å²) >= 11 is 3.23. The SMILES string of the molecule is COc1cc(C=O)cc(Br)c1OCC(=O)NCC#N. The summed E-state index contributed by atoms with van der Waals surface area (Å²) in [5.74, 6) is 0.236. The molecule has 1 aromatic carbocycles. The number of hydrogen-bond acceptors (Lipinski definition) is 5. The molecular formula is C12H11BrN2O4. The van der Waals surface area contributed by atoms with Gasteiger partial charge in [-0.05, 0) is 28.1 Å². The number of nitriles is 1. The number of nitrogens with zero attached hydrogens (tertiary/aromatic N) is 1. The minimum absolute atomic E-state index is 0.0788. The van der Waals surface area contributed by atoms with Crippen LogP contribution < -0.4 is 14.8 Å². The van der Waals surface area contributed by atoms with Crippen molar-refractivity contribution < 1.29 is 19.1 Å². The number of carbonyl (C=O) groups is 2. The highest BCUT2D eigenvalue weighted by atomic mass is 79.9. The molecule has 0 spiro atoms. The zero-order valence-electron chi connectivity index (χ0n) is 10.1. The second-order valence-electron chi connectivity index (χ2n) is 3.38. The van der Waals surface area contributed by atoms with E-state index in [9.17, 15) is 9.59 Å². The Morgan fingerprint density at radius 3 is 2.89 bits per heavy atom. The van der Waals surface area contributed by atoms with E-state index in [2.05, 4.69) is 21.2 Å². The van der Waals surface area contributed by atoms with Crippen LogP contribution in [0.15, 0.2) is 16.6 Å². The van der Waals surface area contributed by atoms with Crippen LogP contribution in [-0.2, 0) is 4.79 Å². The Morgan fingerprint density at radius 2 is 2.32 bits per heavy atom. The average Bonchev–Trinajstić information content (AvgIpc) is 2.42. The second-order valence-corrected chi connectivity index (χ2v) is 4.23. The number of amides is 1. The number of hydrogen-bond donors (Lipinski definition) is 1. The summed E-state index contributed by atoms with van der Waals surface area (Å²) in [4.78, 5) is 22.0. The highest BCUT2D eigenvalue weighted by molar-refractivity contribution is 9.10. The Kier molecular flexibility index (Phi) is 5.82. The van der Waals surface area contributed by atoms with Crippen LogP contribution in [-0.4, -0.2) is 32.5 Å². The summed E-state index contributed by atoms with van der Waals surface area (Å²) in [6, 6.07) is 4.84. The van der Waals surface area contributed by atoms with E-state index >= 15 is 0 Å². The van der Waals surface area contributed by atoms with Crippen LogP contribution in [0.3, 0.4) is 0 Å². The van der Waals surface area contributed by atoms with Gasteiger partial charge in [0.1, 0.15) is 12.8 Å². The third-order valence-corrected chi connectivity index (χ3v) is 2.69. The molecule has 0 aromatic heterocycles. The monoisotopic (exact) mass is 326 g/mol. The molecule has 0 saturated heterocycles. The molecule has 7 heteroatoms. The van der Waals surface area contributed by atoms with E-state index in [1.165, 1.54) is 13.2 Å². The number of benzene rings is 1. The van der Waals surface area contributed by atoms with Crippen molar-refractivity contribution in [3.63, 3.8) is 0 Å². The number of methoxy groups -OCH3 is 1. The first-order valence-corrected chi connectivity index (χ1v) is 6.00. The normalized spacial score (nSPS) is 9.32. The average molecular weight is 327 g/mol. The maximum atomic E-state index is 11.3. The van der Waals surface area contributed by atoms with Gasteiger partial charge in [-0.15, -0.1) is 0 Å². The van der Waals surface area contributed by atoms with E-state index in [1.807, 2.05) is 0 Å². The summed E-state index contributed by atoms with van der Waals surface area (Å²) in [6.07, 6.45) is 0.677. The van der Waals surface area contributed by atoms with Crippen LogP contribution in [0.2, 0.25) is 0 Å². The van der Waals surface area contributed by atoms with Crippen molar-refractivity contribution in [1.29, 1.82) is 5.26 Å². The predicted octanol–water partition coefficient (Wildman–Crippen LogP) is 1.29. The Labute approximate surface area is 118 Å². The van der Waals surface area contributed by atoms with Gasteiger partial charge in [0.15, 0.2) is 18.1 Å². The lowest BCUT2D eigenvalue weighted by Gasteiger charge is -2.12. The lowest BCUT2D eigenvalue weighted by Crippen LogP contribution is -2.29. The minimum Gasteiger partial charge on any atom is -0.493 e.